The molecule has 0 fully saturated rings. The topological polar surface area (TPSA) is 15.7 Å². The Hall–Kier alpha value is -6.84. The molecule has 240 valence electrons. The minimum atomic E-state index is 0.879. The zero-order valence-electron chi connectivity index (χ0n) is 27.8. The van der Waals surface area contributed by atoms with Crippen molar-refractivity contribution in [3.63, 3.8) is 0 Å². The third kappa shape index (κ3) is 4.90. The van der Waals surface area contributed by atoms with Gasteiger partial charge in [0.1, 0.15) is 11.5 Å². The summed E-state index contributed by atoms with van der Waals surface area (Å²) in [6, 6.07) is 68.9. The SMILES string of the molecule is c1ccc(N(c2ccccc2)c2ccc(-c3ccc4c5c3ccc3ccc6cc(N(c7ccccc7)c7ccccc7)cc(c6c35)O4)cc2)cc1. The van der Waals surface area contributed by atoms with Crippen molar-refractivity contribution in [3.8, 4) is 22.6 Å². The van der Waals surface area contributed by atoms with E-state index in [0.717, 1.165) is 61.8 Å². The first-order valence-corrected chi connectivity index (χ1v) is 17.4. The maximum Gasteiger partial charge on any atom is 0.138 e. The molecular formula is C48H32N2O. The summed E-state index contributed by atoms with van der Waals surface area (Å²) in [5.74, 6) is 1.77. The highest BCUT2D eigenvalue weighted by Crippen LogP contribution is 2.51. The number of rotatable bonds is 7. The van der Waals surface area contributed by atoms with Crippen LogP contribution in [0.2, 0.25) is 0 Å². The minimum absolute atomic E-state index is 0.879. The number of para-hydroxylation sites is 4. The Morgan fingerprint density at radius 3 is 1.37 bits per heavy atom. The standard InChI is InChI=1S/C48H32N2O/c1-5-13-36(14-6-1)49(37-15-7-2-8-16-37)40-26-23-33(24-27-40)42-29-30-44-48-43(42)28-25-34-21-22-35-31-41(32-45(51-44)46(35)47(34)48)50(38-17-9-3-10-18-38)39-19-11-4-12-20-39/h1-32H. The van der Waals surface area contributed by atoms with Crippen LogP contribution in [-0.2, 0) is 0 Å². The molecule has 1 heterocycles. The van der Waals surface area contributed by atoms with E-state index in [9.17, 15) is 0 Å². The van der Waals surface area contributed by atoms with Crippen molar-refractivity contribution >= 4 is 66.4 Å². The van der Waals surface area contributed by atoms with E-state index in [1.807, 2.05) is 0 Å². The minimum Gasteiger partial charge on any atom is -0.456 e. The van der Waals surface area contributed by atoms with E-state index >= 15 is 0 Å². The molecule has 0 bridgehead atoms. The van der Waals surface area contributed by atoms with Gasteiger partial charge in [0.05, 0.1) is 5.69 Å². The Morgan fingerprint density at radius 2 is 0.804 bits per heavy atom. The predicted molar refractivity (Wildman–Crippen MR) is 214 cm³/mol. The van der Waals surface area contributed by atoms with Gasteiger partial charge in [-0.1, -0.05) is 115 Å². The van der Waals surface area contributed by atoms with E-state index < -0.39 is 0 Å². The van der Waals surface area contributed by atoms with E-state index in [1.165, 1.54) is 27.3 Å². The van der Waals surface area contributed by atoms with Crippen molar-refractivity contribution in [2.45, 2.75) is 0 Å². The van der Waals surface area contributed by atoms with Crippen LogP contribution in [0, 0.1) is 0 Å². The van der Waals surface area contributed by atoms with Crippen LogP contribution < -0.4 is 14.5 Å². The number of nitrogens with zero attached hydrogens (tertiary/aromatic N) is 2. The molecule has 9 aromatic carbocycles. The molecular weight excluding hydrogens is 621 g/mol. The van der Waals surface area contributed by atoms with Gasteiger partial charge in [-0.15, -0.1) is 0 Å². The predicted octanol–water partition coefficient (Wildman–Crippen LogP) is 13.9. The zero-order chi connectivity index (χ0) is 33.7. The Morgan fingerprint density at radius 1 is 0.314 bits per heavy atom. The fourth-order valence-electron chi connectivity index (χ4n) is 7.70. The molecule has 0 radical (unpaired) electrons. The second-order valence-corrected chi connectivity index (χ2v) is 13.0. The first-order chi connectivity index (χ1) is 25.3. The lowest BCUT2D eigenvalue weighted by atomic mass is 9.90. The Labute approximate surface area is 296 Å². The lowest BCUT2D eigenvalue weighted by Gasteiger charge is -2.28. The molecule has 0 aromatic heterocycles. The van der Waals surface area contributed by atoms with Crippen molar-refractivity contribution in [2.24, 2.45) is 0 Å². The third-order valence-corrected chi connectivity index (χ3v) is 9.96. The second kappa shape index (κ2) is 11.9. The van der Waals surface area contributed by atoms with Gasteiger partial charge in [0.25, 0.3) is 0 Å². The Kier molecular flexibility index (Phi) is 6.81. The zero-order valence-corrected chi connectivity index (χ0v) is 27.8. The van der Waals surface area contributed by atoms with Gasteiger partial charge in [0.15, 0.2) is 0 Å². The first-order valence-electron chi connectivity index (χ1n) is 17.4. The van der Waals surface area contributed by atoms with Crippen LogP contribution in [0.1, 0.15) is 0 Å². The van der Waals surface area contributed by atoms with Crippen LogP contribution in [0.3, 0.4) is 0 Å². The molecule has 10 rings (SSSR count). The molecule has 51 heavy (non-hydrogen) atoms. The van der Waals surface area contributed by atoms with E-state index in [0.29, 0.717) is 0 Å². The summed E-state index contributed by atoms with van der Waals surface area (Å²) < 4.78 is 6.85. The quantitative estimate of drug-likeness (QED) is 0.159. The number of hydrogen-bond acceptors (Lipinski definition) is 3. The summed E-state index contributed by atoms with van der Waals surface area (Å²) in [7, 11) is 0. The molecule has 0 saturated heterocycles. The fraction of sp³-hybridized carbons (Fsp3) is 0. The van der Waals surface area contributed by atoms with Crippen LogP contribution >= 0.6 is 0 Å². The Bertz CT molecular complexity index is 2610. The number of ether oxygens (including phenoxy) is 1. The average Bonchev–Trinajstić information content (AvgIpc) is 3.20. The van der Waals surface area contributed by atoms with E-state index in [-0.39, 0.29) is 0 Å². The number of benzene rings is 9. The summed E-state index contributed by atoms with van der Waals surface area (Å²) in [6.45, 7) is 0. The molecule has 0 unspecified atom stereocenters. The van der Waals surface area contributed by atoms with Gasteiger partial charge < -0.3 is 14.5 Å². The van der Waals surface area contributed by atoms with Gasteiger partial charge in [-0.05, 0) is 100 Å². The molecule has 1 aliphatic rings. The van der Waals surface area contributed by atoms with Crippen LogP contribution in [-0.4, -0.2) is 0 Å². The van der Waals surface area contributed by atoms with Crippen molar-refractivity contribution in [1.82, 2.24) is 0 Å². The summed E-state index contributed by atoms with van der Waals surface area (Å²) in [5.41, 5.74) is 8.97. The van der Waals surface area contributed by atoms with Gasteiger partial charge in [0, 0.05) is 50.7 Å². The molecule has 0 saturated carbocycles. The van der Waals surface area contributed by atoms with Crippen molar-refractivity contribution in [3.05, 3.63) is 194 Å². The molecule has 0 spiro atoms. The lowest BCUT2D eigenvalue weighted by molar-refractivity contribution is 0.493. The van der Waals surface area contributed by atoms with Crippen LogP contribution in [0.4, 0.5) is 34.1 Å². The van der Waals surface area contributed by atoms with E-state index in [2.05, 4.69) is 204 Å². The van der Waals surface area contributed by atoms with Crippen molar-refractivity contribution < 1.29 is 4.74 Å². The largest absolute Gasteiger partial charge is 0.456 e. The summed E-state index contributed by atoms with van der Waals surface area (Å²) in [6.07, 6.45) is 0. The highest BCUT2D eigenvalue weighted by atomic mass is 16.5. The second-order valence-electron chi connectivity index (χ2n) is 13.0. The highest BCUT2D eigenvalue weighted by Gasteiger charge is 2.24. The van der Waals surface area contributed by atoms with Gasteiger partial charge >= 0.3 is 0 Å². The maximum absolute atomic E-state index is 6.85. The van der Waals surface area contributed by atoms with E-state index in [4.69, 9.17) is 4.74 Å². The van der Waals surface area contributed by atoms with Gasteiger partial charge in [-0.2, -0.15) is 0 Å². The normalized spacial score (nSPS) is 11.7. The molecule has 9 aromatic rings. The van der Waals surface area contributed by atoms with Crippen LogP contribution in [0.15, 0.2) is 194 Å². The molecule has 3 heteroatoms. The molecule has 0 amide bonds. The molecule has 0 N–H and O–H groups in total. The molecule has 0 aliphatic carbocycles. The Balaban J connectivity index is 1.11. The van der Waals surface area contributed by atoms with Crippen LogP contribution in [0.5, 0.6) is 11.5 Å². The maximum atomic E-state index is 6.85. The summed E-state index contributed by atoms with van der Waals surface area (Å²) in [4.78, 5) is 4.59. The van der Waals surface area contributed by atoms with Crippen LogP contribution in [0.25, 0.3) is 43.4 Å². The average molecular weight is 653 g/mol. The molecule has 1 aliphatic heterocycles. The fourth-order valence-corrected chi connectivity index (χ4v) is 7.70. The monoisotopic (exact) mass is 652 g/mol. The first kappa shape index (κ1) is 29.1. The van der Waals surface area contributed by atoms with Gasteiger partial charge in [-0.3, -0.25) is 0 Å². The van der Waals surface area contributed by atoms with Gasteiger partial charge in [0.2, 0.25) is 0 Å². The van der Waals surface area contributed by atoms with Crippen molar-refractivity contribution in [2.75, 3.05) is 9.80 Å². The van der Waals surface area contributed by atoms with E-state index in [1.54, 1.807) is 0 Å². The molecule has 3 nitrogen and oxygen atoms in total. The number of anilines is 6. The summed E-state index contributed by atoms with van der Waals surface area (Å²) in [5, 5.41) is 7.12. The summed E-state index contributed by atoms with van der Waals surface area (Å²) >= 11 is 0. The van der Waals surface area contributed by atoms with Crippen molar-refractivity contribution in [1.29, 1.82) is 0 Å². The smallest absolute Gasteiger partial charge is 0.138 e. The third-order valence-electron chi connectivity index (χ3n) is 9.96. The highest BCUT2D eigenvalue weighted by molar-refractivity contribution is 6.27. The number of hydrogen-bond donors (Lipinski definition) is 0. The molecule has 0 atom stereocenters. The lowest BCUT2D eigenvalue weighted by Crippen LogP contribution is -2.10. The van der Waals surface area contributed by atoms with Gasteiger partial charge in [-0.25, -0.2) is 0 Å².